The van der Waals surface area contributed by atoms with Crippen LogP contribution >= 0.6 is 0 Å². The quantitative estimate of drug-likeness (QED) is 0.829. The van der Waals surface area contributed by atoms with Crippen molar-refractivity contribution in [2.45, 2.75) is 47.1 Å². The Morgan fingerprint density at radius 3 is 2.24 bits per heavy atom. The van der Waals surface area contributed by atoms with Gasteiger partial charge in [-0.25, -0.2) is 4.79 Å². The second kappa shape index (κ2) is 7.54. The summed E-state index contributed by atoms with van der Waals surface area (Å²) in [5.74, 6) is 0. The normalized spacial score (nSPS) is 17.3. The molecule has 1 atom stereocenters. The molecule has 0 aromatic heterocycles. The van der Waals surface area contributed by atoms with Crippen molar-refractivity contribution in [3.05, 3.63) is 0 Å². The monoisotopic (exact) mass is 244 g/mol. The molecule has 17 heavy (non-hydrogen) atoms. The largest absolute Gasteiger partial charge is 0.448 e. The van der Waals surface area contributed by atoms with E-state index in [4.69, 9.17) is 4.74 Å². The summed E-state index contributed by atoms with van der Waals surface area (Å²) in [5.41, 5.74) is 0.150. The minimum atomic E-state index is -0.186. The molecule has 1 rings (SSSR count). The lowest BCUT2D eigenvalue weighted by molar-refractivity contribution is 0.148. The van der Waals surface area contributed by atoms with Crippen LogP contribution in [0, 0.1) is 5.41 Å². The summed E-state index contributed by atoms with van der Waals surface area (Å²) in [6.07, 6.45) is 1.06. The van der Waals surface area contributed by atoms with Gasteiger partial charge in [-0.3, -0.25) is 0 Å². The predicted octanol–water partition coefficient (Wildman–Crippen LogP) is 2.49. The highest BCUT2D eigenvalue weighted by Gasteiger charge is 2.30. The third kappa shape index (κ3) is 5.91. The van der Waals surface area contributed by atoms with Crippen LogP contribution in [-0.4, -0.2) is 43.8 Å². The van der Waals surface area contributed by atoms with E-state index in [1.54, 1.807) is 4.90 Å². The number of amides is 1. The van der Waals surface area contributed by atoms with Gasteiger partial charge in [0.15, 0.2) is 0 Å². The molecule has 0 unspecified atom stereocenters. The number of ether oxygens (including phenoxy) is 1. The molecule has 0 aromatic carbocycles. The van der Waals surface area contributed by atoms with E-state index in [0.29, 0.717) is 19.2 Å². The third-order valence-corrected chi connectivity index (χ3v) is 2.64. The van der Waals surface area contributed by atoms with E-state index >= 15 is 0 Å². The van der Waals surface area contributed by atoms with Gasteiger partial charge in [0.2, 0.25) is 0 Å². The first-order valence-corrected chi connectivity index (χ1v) is 6.45. The summed E-state index contributed by atoms with van der Waals surface area (Å²) in [4.78, 5) is 13.0. The van der Waals surface area contributed by atoms with Gasteiger partial charge in [-0.2, -0.15) is 0 Å². The van der Waals surface area contributed by atoms with E-state index in [2.05, 4.69) is 39.9 Å². The van der Waals surface area contributed by atoms with Crippen molar-refractivity contribution in [3.63, 3.8) is 0 Å². The second-order valence-electron chi connectivity index (χ2n) is 5.47. The van der Waals surface area contributed by atoms with E-state index in [1.807, 2.05) is 7.05 Å². The summed E-state index contributed by atoms with van der Waals surface area (Å²) in [6, 6.07) is 0.299. The van der Waals surface area contributed by atoms with Crippen molar-refractivity contribution >= 4 is 6.09 Å². The zero-order valence-electron chi connectivity index (χ0n) is 12.2. The lowest BCUT2D eigenvalue weighted by atomic mass is 9.86. The Morgan fingerprint density at radius 2 is 1.94 bits per heavy atom. The molecule has 1 aliphatic heterocycles. The Morgan fingerprint density at radius 1 is 1.41 bits per heavy atom. The van der Waals surface area contributed by atoms with Crippen molar-refractivity contribution in [2.24, 2.45) is 5.41 Å². The molecule has 1 amide bonds. The average Bonchev–Trinajstić information content (AvgIpc) is 2.60. The third-order valence-electron chi connectivity index (χ3n) is 2.64. The zero-order chi connectivity index (χ0) is 13.5. The van der Waals surface area contributed by atoms with E-state index in [1.165, 1.54) is 6.42 Å². The van der Waals surface area contributed by atoms with Gasteiger partial charge in [-0.1, -0.05) is 41.0 Å². The number of rotatable bonds is 3. The summed E-state index contributed by atoms with van der Waals surface area (Å²) < 4.78 is 4.88. The van der Waals surface area contributed by atoms with Crippen LogP contribution in [0.25, 0.3) is 0 Å². The Kier molecular flexibility index (Phi) is 7.19. The maximum Gasteiger partial charge on any atom is 0.409 e. The second-order valence-corrected chi connectivity index (χ2v) is 5.47. The van der Waals surface area contributed by atoms with Crippen molar-refractivity contribution < 1.29 is 9.53 Å². The van der Waals surface area contributed by atoms with Crippen LogP contribution in [0.5, 0.6) is 0 Å². The van der Waals surface area contributed by atoms with E-state index in [0.717, 1.165) is 6.54 Å². The molecule has 0 spiro atoms. The number of carbonyl (C=O) groups excluding carboxylic acids is 1. The standard InChI is InChI=1S/C10H20N2O2.C3H8/c1-10(2,3)8(11-4)7-12-5-6-14-9(12)13;1-3-2/h8,11H,5-7H2,1-4H3;3H2,1-2H3/t8-;/m1./s1. The van der Waals surface area contributed by atoms with Crippen LogP contribution in [0.15, 0.2) is 0 Å². The van der Waals surface area contributed by atoms with Crippen LogP contribution in [0.3, 0.4) is 0 Å². The SMILES string of the molecule is CCC.CN[C@H](CN1CCOC1=O)C(C)(C)C. The van der Waals surface area contributed by atoms with Crippen molar-refractivity contribution in [1.82, 2.24) is 10.2 Å². The lowest BCUT2D eigenvalue weighted by Crippen LogP contribution is -2.47. The van der Waals surface area contributed by atoms with Gasteiger partial charge in [0.25, 0.3) is 0 Å². The molecule has 0 saturated carbocycles. The van der Waals surface area contributed by atoms with Gasteiger partial charge in [-0.05, 0) is 12.5 Å². The Hall–Kier alpha value is -0.770. The first-order valence-electron chi connectivity index (χ1n) is 6.45. The Balaban J connectivity index is 0.000000770. The average molecular weight is 244 g/mol. The number of cyclic esters (lactones) is 1. The molecule has 102 valence electrons. The number of hydrogen-bond acceptors (Lipinski definition) is 3. The van der Waals surface area contributed by atoms with Gasteiger partial charge >= 0.3 is 6.09 Å². The minimum Gasteiger partial charge on any atom is -0.448 e. The zero-order valence-corrected chi connectivity index (χ0v) is 12.2. The van der Waals surface area contributed by atoms with Crippen LogP contribution in [0.1, 0.15) is 41.0 Å². The van der Waals surface area contributed by atoms with E-state index in [-0.39, 0.29) is 11.5 Å². The fourth-order valence-electron chi connectivity index (χ4n) is 1.61. The maximum absolute atomic E-state index is 11.2. The van der Waals surface area contributed by atoms with Crippen molar-refractivity contribution in [1.29, 1.82) is 0 Å². The van der Waals surface area contributed by atoms with Crippen LogP contribution < -0.4 is 5.32 Å². The number of hydrogen-bond donors (Lipinski definition) is 1. The van der Waals surface area contributed by atoms with Gasteiger partial charge in [-0.15, -0.1) is 0 Å². The highest BCUT2D eigenvalue weighted by molar-refractivity contribution is 5.69. The van der Waals surface area contributed by atoms with Gasteiger partial charge in [0, 0.05) is 12.6 Å². The lowest BCUT2D eigenvalue weighted by Gasteiger charge is -2.32. The van der Waals surface area contributed by atoms with E-state index in [9.17, 15) is 4.79 Å². The molecule has 4 heteroatoms. The minimum absolute atomic E-state index is 0.150. The smallest absolute Gasteiger partial charge is 0.409 e. The Labute approximate surface area is 106 Å². The van der Waals surface area contributed by atoms with Crippen LogP contribution in [0.2, 0.25) is 0 Å². The summed E-state index contributed by atoms with van der Waals surface area (Å²) in [6.45, 7) is 12.7. The molecular formula is C13H28N2O2. The molecule has 0 aliphatic carbocycles. The molecule has 1 fully saturated rings. The number of carbonyl (C=O) groups is 1. The molecule has 0 bridgehead atoms. The number of likely N-dealkylation sites (N-methyl/N-ethyl adjacent to an activating group) is 1. The highest BCUT2D eigenvalue weighted by atomic mass is 16.6. The first kappa shape index (κ1) is 16.2. The van der Waals surface area contributed by atoms with Crippen molar-refractivity contribution in [3.8, 4) is 0 Å². The number of nitrogens with one attached hydrogen (secondary N) is 1. The first-order chi connectivity index (χ1) is 7.86. The molecule has 1 saturated heterocycles. The summed E-state index contributed by atoms with van der Waals surface area (Å²) in [7, 11) is 1.93. The molecule has 1 aliphatic rings. The summed E-state index contributed by atoms with van der Waals surface area (Å²) in [5, 5.41) is 3.24. The van der Waals surface area contributed by atoms with Crippen molar-refractivity contribution in [2.75, 3.05) is 26.7 Å². The van der Waals surface area contributed by atoms with Gasteiger partial charge < -0.3 is 15.0 Å². The maximum atomic E-state index is 11.2. The molecule has 0 radical (unpaired) electrons. The summed E-state index contributed by atoms with van der Waals surface area (Å²) >= 11 is 0. The van der Waals surface area contributed by atoms with Crippen LogP contribution in [-0.2, 0) is 4.74 Å². The molecule has 4 nitrogen and oxygen atoms in total. The fourth-order valence-corrected chi connectivity index (χ4v) is 1.61. The molecular weight excluding hydrogens is 216 g/mol. The number of nitrogens with zero attached hydrogens (tertiary/aromatic N) is 1. The fraction of sp³-hybridized carbons (Fsp3) is 0.923. The van der Waals surface area contributed by atoms with E-state index < -0.39 is 0 Å². The highest BCUT2D eigenvalue weighted by Crippen LogP contribution is 2.20. The molecule has 1 heterocycles. The molecule has 0 aromatic rings. The van der Waals surface area contributed by atoms with Gasteiger partial charge in [0.1, 0.15) is 6.61 Å². The van der Waals surface area contributed by atoms with Crippen LogP contribution in [0.4, 0.5) is 4.79 Å². The topological polar surface area (TPSA) is 41.6 Å². The Bertz CT molecular complexity index is 224. The predicted molar refractivity (Wildman–Crippen MR) is 71.2 cm³/mol. The van der Waals surface area contributed by atoms with Gasteiger partial charge in [0.05, 0.1) is 6.54 Å². The molecule has 1 N–H and O–H groups in total.